The lowest BCUT2D eigenvalue weighted by Gasteiger charge is -2.06. The number of halogens is 2. The van der Waals surface area contributed by atoms with Gasteiger partial charge in [-0.15, -0.1) is 0 Å². The number of allylic oxidation sites excluding steroid dienone is 1. The lowest BCUT2D eigenvalue weighted by molar-refractivity contribution is 0.104. The third-order valence-corrected chi connectivity index (χ3v) is 3.24. The Bertz CT molecular complexity index is 689. The van der Waals surface area contributed by atoms with Gasteiger partial charge in [0.05, 0.1) is 12.7 Å². The summed E-state index contributed by atoms with van der Waals surface area (Å²) in [5.74, 6) is 0.312. The molecule has 0 saturated heterocycles. The van der Waals surface area contributed by atoms with Gasteiger partial charge >= 0.3 is 0 Å². The fourth-order valence-electron chi connectivity index (χ4n) is 2.03. The molecule has 4 heteroatoms. The van der Waals surface area contributed by atoms with Gasteiger partial charge in [-0.05, 0) is 30.7 Å². The number of methoxy groups -OCH3 is 1. The van der Waals surface area contributed by atoms with Gasteiger partial charge in [0.25, 0.3) is 6.43 Å². The molecule has 0 bridgehead atoms. The van der Waals surface area contributed by atoms with E-state index in [2.05, 4.69) is 0 Å². The van der Waals surface area contributed by atoms with Crippen molar-refractivity contribution in [3.05, 3.63) is 70.8 Å². The maximum absolute atomic E-state index is 12.5. The number of aryl methyl sites for hydroxylation is 1. The van der Waals surface area contributed by atoms with E-state index in [1.807, 2.05) is 13.0 Å². The summed E-state index contributed by atoms with van der Waals surface area (Å²) in [4.78, 5) is 12.2. The van der Waals surface area contributed by atoms with Crippen LogP contribution in [0.5, 0.6) is 5.75 Å². The summed E-state index contributed by atoms with van der Waals surface area (Å²) in [6, 6.07) is 11.2. The van der Waals surface area contributed by atoms with Crippen molar-refractivity contribution in [3.8, 4) is 5.75 Å². The highest BCUT2D eigenvalue weighted by Gasteiger charge is 2.10. The minimum absolute atomic E-state index is 0.0381. The standard InChI is InChI=1S/C18H16F2O2/c1-12-3-10-17(22-2)15(11-12)16(21)9-6-13-4-7-14(8-5-13)18(19)20/h3-11,18H,1-2H3/b9-6+. The van der Waals surface area contributed by atoms with Gasteiger partial charge in [-0.25, -0.2) is 8.78 Å². The van der Waals surface area contributed by atoms with Crippen LogP contribution in [-0.4, -0.2) is 12.9 Å². The maximum Gasteiger partial charge on any atom is 0.263 e. The first-order valence-electron chi connectivity index (χ1n) is 6.76. The number of benzene rings is 2. The van der Waals surface area contributed by atoms with Gasteiger partial charge in [0.15, 0.2) is 5.78 Å². The summed E-state index contributed by atoms with van der Waals surface area (Å²) in [5, 5.41) is 0. The average molecular weight is 302 g/mol. The Labute approximate surface area is 128 Å². The summed E-state index contributed by atoms with van der Waals surface area (Å²) in [6.45, 7) is 1.89. The minimum Gasteiger partial charge on any atom is -0.496 e. The van der Waals surface area contributed by atoms with Gasteiger partial charge in [-0.3, -0.25) is 4.79 Å². The SMILES string of the molecule is COc1ccc(C)cc1C(=O)/C=C/c1ccc(C(F)F)cc1. The predicted molar refractivity (Wildman–Crippen MR) is 82.5 cm³/mol. The summed E-state index contributed by atoms with van der Waals surface area (Å²) < 4.78 is 30.1. The molecular weight excluding hydrogens is 286 g/mol. The van der Waals surface area contributed by atoms with Crippen molar-refractivity contribution in [2.45, 2.75) is 13.3 Å². The number of ether oxygens (including phenoxy) is 1. The molecule has 0 radical (unpaired) electrons. The van der Waals surface area contributed by atoms with Crippen molar-refractivity contribution in [2.24, 2.45) is 0 Å². The third kappa shape index (κ3) is 3.79. The topological polar surface area (TPSA) is 26.3 Å². The van der Waals surface area contributed by atoms with E-state index in [0.29, 0.717) is 16.9 Å². The van der Waals surface area contributed by atoms with E-state index in [-0.39, 0.29) is 11.3 Å². The first-order valence-corrected chi connectivity index (χ1v) is 6.76. The number of alkyl halides is 2. The number of hydrogen-bond donors (Lipinski definition) is 0. The first kappa shape index (κ1) is 15.9. The van der Waals surface area contributed by atoms with E-state index in [1.165, 1.54) is 25.3 Å². The normalized spacial score (nSPS) is 11.1. The van der Waals surface area contributed by atoms with Crippen LogP contribution in [0.25, 0.3) is 6.08 Å². The molecule has 0 saturated carbocycles. The average Bonchev–Trinajstić information content (AvgIpc) is 2.53. The van der Waals surface area contributed by atoms with Crippen LogP contribution in [0, 0.1) is 6.92 Å². The lowest BCUT2D eigenvalue weighted by Crippen LogP contribution is -1.99. The molecule has 2 nitrogen and oxygen atoms in total. The monoisotopic (exact) mass is 302 g/mol. The highest BCUT2D eigenvalue weighted by molar-refractivity contribution is 6.08. The van der Waals surface area contributed by atoms with E-state index in [9.17, 15) is 13.6 Å². The summed E-state index contributed by atoms with van der Waals surface area (Å²) in [5.41, 5.74) is 2.08. The molecule has 0 N–H and O–H groups in total. The fraction of sp³-hybridized carbons (Fsp3) is 0.167. The predicted octanol–water partition coefficient (Wildman–Crippen LogP) is 4.84. The van der Waals surface area contributed by atoms with E-state index in [0.717, 1.165) is 5.56 Å². The quantitative estimate of drug-likeness (QED) is 0.583. The Kier molecular flexibility index (Phi) is 5.04. The van der Waals surface area contributed by atoms with Crippen LogP contribution in [0.2, 0.25) is 0 Å². The van der Waals surface area contributed by atoms with Crippen molar-refractivity contribution in [2.75, 3.05) is 7.11 Å². The second-order valence-electron chi connectivity index (χ2n) is 4.87. The molecule has 0 aliphatic rings. The molecule has 22 heavy (non-hydrogen) atoms. The zero-order valence-electron chi connectivity index (χ0n) is 12.3. The molecule has 0 aliphatic carbocycles. The number of carbonyl (C=O) groups excluding carboxylic acids is 1. The third-order valence-electron chi connectivity index (χ3n) is 3.24. The van der Waals surface area contributed by atoms with Crippen molar-refractivity contribution in [1.82, 2.24) is 0 Å². The lowest BCUT2D eigenvalue weighted by atomic mass is 10.0. The molecule has 0 atom stereocenters. The highest BCUT2D eigenvalue weighted by atomic mass is 19.3. The van der Waals surface area contributed by atoms with Crippen molar-refractivity contribution in [3.63, 3.8) is 0 Å². The molecule has 114 valence electrons. The van der Waals surface area contributed by atoms with E-state index in [4.69, 9.17) is 4.74 Å². The Hall–Kier alpha value is -2.49. The second-order valence-corrected chi connectivity index (χ2v) is 4.87. The van der Waals surface area contributed by atoms with E-state index >= 15 is 0 Å². The van der Waals surface area contributed by atoms with Crippen LogP contribution >= 0.6 is 0 Å². The Morgan fingerprint density at radius 3 is 2.41 bits per heavy atom. The molecule has 0 heterocycles. The first-order chi connectivity index (χ1) is 10.5. The summed E-state index contributed by atoms with van der Waals surface area (Å²) in [6.07, 6.45) is 0.518. The molecule has 0 amide bonds. The van der Waals surface area contributed by atoms with E-state index in [1.54, 1.807) is 30.3 Å². The van der Waals surface area contributed by atoms with Crippen LogP contribution in [0.15, 0.2) is 48.5 Å². The smallest absolute Gasteiger partial charge is 0.263 e. The number of hydrogen-bond acceptors (Lipinski definition) is 2. The van der Waals surface area contributed by atoms with E-state index < -0.39 is 6.43 Å². The molecule has 2 aromatic carbocycles. The van der Waals surface area contributed by atoms with Gasteiger partial charge < -0.3 is 4.74 Å². The van der Waals surface area contributed by atoms with Crippen LogP contribution in [0.1, 0.15) is 33.5 Å². The zero-order valence-corrected chi connectivity index (χ0v) is 12.3. The maximum atomic E-state index is 12.5. The Morgan fingerprint density at radius 1 is 1.14 bits per heavy atom. The van der Waals surface area contributed by atoms with Gasteiger partial charge in [0.2, 0.25) is 0 Å². The summed E-state index contributed by atoms with van der Waals surface area (Å²) in [7, 11) is 1.51. The molecule has 2 aromatic rings. The number of ketones is 1. The molecule has 2 rings (SSSR count). The van der Waals surface area contributed by atoms with Crippen LogP contribution in [0.3, 0.4) is 0 Å². The highest BCUT2D eigenvalue weighted by Crippen LogP contribution is 2.22. The van der Waals surface area contributed by atoms with Crippen LogP contribution in [-0.2, 0) is 0 Å². The fourth-order valence-corrected chi connectivity index (χ4v) is 2.03. The number of rotatable bonds is 5. The minimum atomic E-state index is -2.49. The number of carbonyl (C=O) groups is 1. The molecule has 0 aromatic heterocycles. The Morgan fingerprint density at radius 2 is 1.82 bits per heavy atom. The molecule has 0 fully saturated rings. The molecular formula is C18H16F2O2. The molecule has 0 aliphatic heterocycles. The van der Waals surface area contributed by atoms with Gasteiger partial charge in [-0.1, -0.05) is 42.0 Å². The molecule has 0 spiro atoms. The van der Waals surface area contributed by atoms with Gasteiger partial charge in [-0.2, -0.15) is 0 Å². The van der Waals surface area contributed by atoms with Crippen molar-refractivity contribution in [1.29, 1.82) is 0 Å². The largest absolute Gasteiger partial charge is 0.496 e. The Balaban J connectivity index is 2.19. The van der Waals surface area contributed by atoms with Crippen molar-refractivity contribution >= 4 is 11.9 Å². The van der Waals surface area contributed by atoms with Crippen LogP contribution < -0.4 is 4.74 Å². The van der Waals surface area contributed by atoms with Crippen molar-refractivity contribution < 1.29 is 18.3 Å². The van der Waals surface area contributed by atoms with Gasteiger partial charge in [0, 0.05) is 5.56 Å². The van der Waals surface area contributed by atoms with Crippen LogP contribution in [0.4, 0.5) is 8.78 Å². The molecule has 0 unspecified atom stereocenters. The summed E-state index contributed by atoms with van der Waals surface area (Å²) >= 11 is 0. The van der Waals surface area contributed by atoms with Gasteiger partial charge in [0.1, 0.15) is 5.75 Å². The second kappa shape index (κ2) is 6.98. The zero-order chi connectivity index (χ0) is 16.1.